The zero-order valence-corrected chi connectivity index (χ0v) is 12.5. The van der Waals surface area contributed by atoms with Crippen molar-refractivity contribution in [2.24, 2.45) is 0 Å². The molecule has 0 saturated heterocycles. The van der Waals surface area contributed by atoms with Crippen molar-refractivity contribution in [1.82, 2.24) is 0 Å². The molecule has 3 nitrogen and oxygen atoms in total. The maximum absolute atomic E-state index is 13.6. The van der Waals surface area contributed by atoms with Crippen molar-refractivity contribution in [2.45, 2.75) is 18.1 Å². The van der Waals surface area contributed by atoms with Gasteiger partial charge in [0.1, 0.15) is 0 Å². The lowest BCUT2D eigenvalue weighted by Crippen LogP contribution is -2.05. The van der Waals surface area contributed by atoms with E-state index in [0.717, 1.165) is 17.8 Å². The van der Waals surface area contributed by atoms with E-state index in [0.29, 0.717) is 17.0 Å². The summed E-state index contributed by atoms with van der Waals surface area (Å²) >= 11 is 0. The molecule has 0 unspecified atom stereocenters. The molecule has 2 aromatic carbocycles. The Hall–Kier alpha value is -2.02. The van der Waals surface area contributed by atoms with Crippen molar-refractivity contribution in [3.05, 3.63) is 53.8 Å². The van der Waals surface area contributed by atoms with Crippen LogP contribution in [0.2, 0.25) is 0 Å². The van der Waals surface area contributed by atoms with Gasteiger partial charge in [-0.05, 0) is 35.9 Å². The molecule has 22 heavy (non-hydrogen) atoms. The summed E-state index contributed by atoms with van der Waals surface area (Å²) in [6, 6.07) is 10.8. The molecule has 0 aliphatic rings. The zero-order chi connectivity index (χ0) is 16.1. The molecule has 0 bridgehead atoms. The fourth-order valence-electron chi connectivity index (χ4n) is 1.83. The van der Waals surface area contributed by atoms with Gasteiger partial charge in [0.25, 0.3) is 0 Å². The van der Waals surface area contributed by atoms with Crippen LogP contribution in [0.15, 0.2) is 47.4 Å². The predicted molar refractivity (Wildman–Crippen MR) is 79.1 cm³/mol. The van der Waals surface area contributed by atoms with Gasteiger partial charge in [-0.15, -0.1) is 0 Å². The monoisotopic (exact) mass is 329 g/mol. The standard InChI is InChI=1S/C15H14F3NO2S/c1-22(20)12-4-2-3-11(8-12)19-9-10-5-6-14(13(16)7-10)21-15(17)18/h2-8,15,19H,9H2,1H3/t22-/m0/s1. The van der Waals surface area contributed by atoms with Gasteiger partial charge in [0.15, 0.2) is 11.6 Å². The molecule has 118 valence electrons. The van der Waals surface area contributed by atoms with Crippen molar-refractivity contribution < 1.29 is 22.1 Å². The minimum absolute atomic E-state index is 0.297. The van der Waals surface area contributed by atoms with Gasteiger partial charge in [-0.3, -0.25) is 4.21 Å². The van der Waals surface area contributed by atoms with Crippen LogP contribution in [0.25, 0.3) is 0 Å². The fourth-order valence-corrected chi connectivity index (χ4v) is 2.40. The van der Waals surface area contributed by atoms with E-state index in [2.05, 4.69) is 10.1 Å². The Morgan fingerprint density at radius 3 is 2.64 bits per heavy atom. The number of nitrogens with one attached hydrogen (secondary N) is 1. The number of hydrogen-bond acceptors (Lipinski definition) is 3. The van der Waals surface area contributed by atoms with Crippen LogP contribution in [0.1, 0.15) is 5.56 Å². The molecule has 0 aliphatic carbocycles. The van der Waals surface area contributed by atoms with Crippen molar-refractivity contribution in [3.63, 3.8) is 0 Å². The highest BCUT2D eigenvalue weighted by molar-refractivity contribution is 7.84. The zero-order valence-electron chi connectivity index (χ0n) is 11.7. The van der Waals surface area contributed by atoms with Gasteiger partial charge in [-0.25, -0.2) is 4.39 Å². The van der Waals surface area contributed by atoms with Crippen molar-refractivity contribution in [1.29, 1.82) is 0 Å². The third-order valence-corrected chi connectivity index (χ3v) is 3.79. The second-order valence-electron chi connectivity index (χ2n) is 4.48. The van der Waals surface area contributed by atoms with Crippen LogP contribution >= 0.6 is 0 Å². The summed E-state index contributed by atoms with van der Waals surface area (Å²) in [6.45, 7) is -2.76. The van der Waals surface area contributed by atoms with Gasteiger partial charge in [-0.2, -0.15) is 8.78 Å². The van der Waals surface area contributed by atoms with Gasteiger partial charge in [0.05, 0.1) is 0 Å². The van der Waals surface area contributed by atoms with E-state index in [4.69, 9.17) is 0 Å². The SMILES string of the molecule is C[S@](=O)c1cccc(NCc2ccc(OC(F)F)c(F)c2)c1. The van der Waals surface area contributed by atoms with E-state index in [-0.39, 0.29) is 0 Å². The molecule has 0 amide bonds. The molecule has 1 N–H and O–H groups in total. The second-order valence-corrected chi connectivity index (χ2v) is 5.86. The van der Waals surface area contributed by atoms with Gasteiger partial charge in [0, 0.05) is 34.2 Å². The topological polar surface area (TPSA) is 38.3 Å². The highest BCUT2D eigenvalue weighted by atomic mass is 32.2. The van der Waals surface area contributed by atoms with Gasteiger partial charge >= 0.3 is 6.61 Å². The van der Waals surface area contributed by atoms with Crippen LogP contribution in [0.3, 0.4) is 0 Å². The Bertz CT molecular complexity index is 680. The van der Waals surface area contributed by atoms with E-state index >= 15 is 0 Å². The molecule has 0 aliphatic heterocycles. The quantitative estimate of drug-likeness (QED) is 0.876. The predicted octanol–water partition coefficient (Wildman–Crippen LogP) is 3.78. The van der Waals surface area contributed by atoms with Crippen molar-refractivity contribution >= 4 is 16.5 Å². The fraction of sp³-hybridized carbons (Fsp3) is 0.200. The average molecular weight is 329 g/mol. The number of hydrogen-bond donors (Lipinski definition) is 1. The first-order valence-electron chi connectivity index (χ1n) is 6.36. The van der Waals surface area contributed by atoms with Crippen LogP contribution in [-0.4, -0.2) is 17.1 Å². The highest BCUT2D eigenvalue weighted by Crippen LogP contribution is 2.21. The summed E-state index contributed by atoms with van der Waals surface area (Å²) in [4.78, 5) is 0.678. The van der Waals surface area contributed by atoms with Crippen LogP contribution in [0.4, 0.5) is 18.9 Å². The van der Waals surface area contributed by atoms with Crippen LogP contribution < -0.4 is 10.1 Å². The van der Waals surface area contributed by atoms with Gasteiger partial charge < -0.3 is 10.1 Å². The van der Waals surface area contributed by atoms with Crippen molar-refractivity contribution in [2.75, 3.05) is 11.6 Å². The Labute approximate surface area is 128 Å². The molecule has 2 rings (SSSR count). The lowest BCUT2D eigenvalue weighted by atomic mass is 10.2. The Kier molecular flexibility index (Phi) is 5.43. The van der Waals surface area contributed by atoms with Crippen LogP contribution in [-0.2, 0) is 17.3 Å². The first kappa shape index (κ1) is 16.4. The van der Waals surface area contributed by atoms with Crippen LogP contribution in [0.5, 0.6) is 5.75 Å². The smallest absolute Gasteiger partial charge is 0.387 e. The number of halogens is 3. The Morgan fingerprint density at radius 2 is 2.00 bits per heavy atom. The molecular formula is C15H14F3NO2S. The maximum Gasteiger partial charge on any atom is 0.387 e. The van der Waals surface area contributed by atoms with Crippen molar-refractivity contribution in [3.8, 4) is 5.75 Å². The van der Waals surface area contributed by atoms with E-state index in [1.165, 1.54) is 6.07 Å². The average Bonchev–Trinajstić information content (AvgIpc) is 2.47. The number of ether oxygens (including phenoxy) is 1. The molecule has 1 atom stereocenters. The Balaban J connectivity index is 2.04. The molecule has 0 aromatic heterocycles. The second kappa shape index (κ2) is 7.31. The maximum atomic E-state index is 13.6. The number of alkyl halides is 2. The summed E-state index contributed by atoms with van der Waals surface area (Å²) in [6.07, 6.45) is 1.58. The molecule has 0 heterocycles. The minimum Gasteiger partial charge on any atom is -0.432 e. The lowest BCUT2D eigenvalue weighted by Gasteiger charge is -2.10. The summed E-state index contributed by atoms with van der Waals surface area (Å²) in [5.41, 5.74) is 1.31. The number of benzene rings is 2. The molecule has 0 saturated carbocycles. The lowest BCUT2D eigenvalue weighted by molar-refractivity contribution is -0.0522. The molecule has 2 aromatic rings. The summed E-state index contributed by atoms with van der Waals surface area (Å²) in [7, 11) is -1.09. The highest BCUT2D eigenvalue weighted by Gasteiger charge is 2.10. The van der Waals surface area contributed by atoms with Gasteiger partial charge in [-0.1, -0.05) is 12.1 Å². The summed E-state index contributed by atoms with van der Waals surface area (Å²) in [5, 5.41) is 3.05. The largest absolute Gasteiger partial charge is 0.432 e. The summed E-state index contributed by atoms with van der Waals surface area (Å²) in [5.74, 6) is -1.33. The minimum atomic E-state index is -3.06. The van der Waals surface area contributed by atoms with E-state index in [9.17, 15) is 17.4 Å². The normalized spacial score (nSPS) is 12.2. The van der Waals surface area contributed by atoms with E-state index in [1.807, 2.05) is 0 Å². The molecule has 0 radical (unpaired) electrons. The molecule has 0 spiro atoms. The third kappa shape index (κ3) is 4.49. The third-order valence-electron chi connectivity index (χ3n) is 2.87. The van der Waals surface area contributed by atoms with E-state index in [1.54, 1.807) is 30.5 Å². The molecular weight excluding hydrogens is 315 g/mol. The first-order chi connectivity index (χ1) is 10.5. The number of rotatable bonds is 6. The molecule has 7 heteroatoms. The van der Waals surface area contributed by atoms with E-state index < -0.39 is 29.0 Å². The first-order valence-corrected chi connectivity index (χ1v) is 7.92. The van der Waals surface area contributed by atoms with Crippen LogP contribution in [0, 0.1) is 5.82 Å². The summed E-state index contributed by atoms with van der Waals surface area (Å²) < 4.78 is 53.1. The van der Waals surface area contributed by atoms with Gasteiger partial charge in [0.2, 0.25) is 0 Å². The Morgan fingerprint density at radius 1 is 1.23 bits per heavy atom. The molecule has 0 fully saturated rings. The number of anilines is 1.